The smallest absolute Gasteiger partial charge is 0.211 e. The Bertz CT molecular complexity index is 1130. The maximum Gasteiger partial charge on any atom is 0.211 e. The molecule has 29 heavy (non-hydrogen) atoms. The molecule has 150 valence electrons. The van der Waals surface area contributed by atoms with Crippen LogP contribution in [0, 0.1) is 19.7 Å². The first kappa shape index (κ1) is 19.5. The third kappa shape index (κ3) is 4.15. The molecule has 0 spiro atoms. The van der Waals surface area contributed by atoms with Crippen molar-refractivity contribution in [2.45, 2.75) is 33.4 Å². The molecular formula is C19H19ClFN7S. The quantitative estimate of drug-likeness (QED) is 0.477. The highest BCUT2D eigenvalue weighted by molar-refractivity contribution is 7.15. The predicted molar refractivity (Wildman–Crippen MR) is 111 cm³/mol. The van der Waals surface area contributed by atoms with Gasteiger partial charge < -0.3 is 5.32 Å². The van der Waals surface area contributed by atoms with Gasteiger partial charge in [0.1, 0.15) is 16.9 Å². The zero-order chi connectivity index (χ0) is 20.5. The molecule has 1 N–H and O–H groups in total. The molecule has 1 aromatic carbocycles. The fourth-order valence-electron chi connectivity index (χ4n) is 3.07. The summed E-state index contributed by atoms with van der Waals surface area (Å²) in [6.45, 7) is 6.26. The van der Waals surface area contributed by atoms with Crippen LogP contribution < -0.4 is 5.32 Å². The minimum absolute atomic E-state index is 0.0162. The number of benzene rings is 1. The van der Waals surface area contributed by atoms with Gasteiger partial charge in [-0.05, 0) is 39.0 Å². The van der Waals surface area contributed by atoms with E-state index < -0.39 is 0 Å². The van der Waals surface area contributed by atoms with Gasteiger partial charge in [-0.3, -0.25) is 9.36 Å². The second-order valence-electron chi connectivity index (χ2n) is 6.72. The van der Waals surface area contributed by atoms with Gasteiger partial charge in [0, 0.05) is 28.5 Å². The predicted octanol–water partition coefficient (Wildman–Crippen LogP) is 4.74. The summed E-state index contributed by atoms with van der Waals surface area (Å²) in [5, 5.41) is 22.4. The van der Waals surface area contributed by atoms with Gasteiger partial charge in [-0.1, -0.05) is 29.0 Å². The van der Waals surface area contributed by atoms with Gasteiger partial charge in [0.2, 0.25) is 5.13 Å². The summed E-state index contributed by atoms with van der Waals surface area (Å²) in [6.07, 6.45) is 1.76. The second kappa shape index (κ2) is 7.92. The molecule has 7 nitrogen and oxygen atoms in total. The zero-order valence-corrected chi connectivity index (χ0v) is 17.7. The minimum atomic E-state index is -0.352. The van der Waals surface area contributed by atoms with E-state index in [1.54, 1.807) is 29.1 Å². The van der Waals surface area contributed by atoms with Gasteiger partial charge in [0.15, 0.2) is 5.82 Å². The number of hydrogen-bond acceptors (Lipinski definition) is 6. The van der Waals surface area contributed by atoms with Crippen LogP contribution in [0.2, 0.25) is 5.02 Å². The van der Waals surface area contributed by atoms with E-state index in [0.717, 1.165) is 16.4 Å². The molecule has 0 saturated carbocycles. The SMILES string of the molecule is Cc1cc(C)n([C@@H](C)c2nnc(Nc3ccn(Cc4c(F)cccc4Cl)n3)s2)n1. The normalized spacial score (nSPS) is 12.3. The van der Waals surface area contributed by atoms with Crippen LogP contribution in [0.25, 0.3) is 0 Å². The molecule has 10 heteroatoms. The van der Waals surface area contributed by atoms with E-state index in [-0.39, 0.29) is 18.4 Å². The second-order valence-corrected chi connectivity index (χ2v) is 8.13. The van der Waals surface area contributed by atoms with Crippen LogP contribution in [0.1, 0.15) is 34.9 Å². The first-order valence-electron chi connectivity index (χ1n) is 9.00. The van der Waals surface area contributed by atoms with E-state index in [0.29, 0.717) is 21.5 Å². The molecule has 0 aliphatic carbocycles. The molecule has 0 aliphatic heterocycles. The molecule has 0 radical (unpaired) electrons. The van der Waals surface area contributed by atoms with Gasteiger partial charge in [-0.2, -0.15) is 10.2 Å². The molecule has 0 aliphatic rings. The average molecular weight is 432 g/mol. The number of nitrogens with one attached hydrogen (secondary N) is 1. The largest absolute Gasteiger partial charge is 0.313 e. The third-order valence-corrected chi connectivity index (χ3v) is 5.83. The van der Waals surface area contributed by atoms with Crippen LogP contribution >= 0.6 is 22.9 Å². The summed E-state index contributed by atoms with van der Waals surface area (Å²) in [5.74, 6) is 0.244. The van der Waals surface area contributed by atoms with Crippen LogP contribution in [-0.2, 0) is 6.54 Å². The van der Waals surface area contributed by atoms with E-state index >= 15 is 0 Å². The van der Waals surface area contributed by atoms with Crippen LogP contribution in [0.15, 0.2) is 36.5 Å². The van der Waals surface area contributed by atoms with E-state index in [1.807, 2.05) is 31.5 Å². The number of aryl methyl sites for hydroxylation is 2. The lowest BCUT2D eigenvalue weighted by molar-refractivity contribution is 0.540. The number of halogens is 2. The first-order chi connectivity index (χ1) is 13.9. The van der Waals surface area contributed by atoms with Crippen molar-refractivity contribution >= 4 is 33.9 Å². The maximum absolute atomic E-state index is 14.0. The number of aromatic nitrogens is 6. The molecule has 0 unspecified atom stereocenters. The highest BCUT2D eigenvalue weighted by atomic mass is 35.5. The molecule has 3 heterocycles. The highest BCUT2D eigenvalue weighted by Crippen LogP contribution is 2.27. The molecule has 1 atom stereocenters. The zero-order valence-electron chi connectivity index (χ0n) is 16.1. The van der Waals surface area contributed by atoms with Crippen LogP contribution in [0.4, 0.5) is 15.3 Å². The molecule has 3 aromatic heterocycles. The van der Waals surface area contributed by atoms with Crippen molar-refractivity contribution < 1.29 is 4.39 Å². The summed E-state index contributed by atoms with van der Waals surface area (Å²) in [4.78, 5) is 0. The molecule has 4 aromatic rings. The number of anilines is 2. The summed E-state index contributed by atoms with van der Waals surface area (Å²) in [5.41, 5.74) is 2.45. The van der Waals surface area contributed by atoms with Gasteiger partial charge in [0.25, 0.3) is 0 Å². The fraction of sp³-hybridized carbons (Fsp3) is 0.263. The maximum atomic E-state index is 14.0. The molecule has 0 bridgehead atoms. The van der Waals surface area contributed by atoms with Gasteiger partial charge >= 0.3 is 0 Å². The third-order valence-electron chi connectivity index (χ3n) is 4.47. The Hall–Kier alpha value is -2.78. The molecule has 4 rings (SSSR count). The van der Waals surface area contributed by atoms with Crippen molar-refractivity contribution in [2.24, 2.45) is 0 Å². The number of hydrogen-bond donors (Lipinski definition) is 1. The molecule has 0 fully saturated rings. The van der Waals surface area contributed by atoms with Crippen molar-refractivity contribution in [1.29, 1.82) is 0 Å². The number of rotatable bonds is 6. The fourth-order valence-corrected chi connectivity index (χ4v) is 4.08. The Morgan fingerprint density at radius 2 is 2.03 bits per heavy atom. The van der Waals surface area contributed by atoms with E-state index in [4.69, 9.17) is 11.6 Å². The van der Waals surface area contributed by atoms with Gasteiger partial charge in [-0.25, -0.2) is 4.39 Å². The van der Waals surface area contributed by atoms with Crippen molar-refractivity contribution in [3.05, 3.63) is 69.3 Å². The topological polar surface area (TPSA) is 73.5 Å². The standard InChI is InChI=1S/C19H19ClFN7S/c1-11-9-12(2)28(25-11)13(3)18-23-24-19(29-18)22-17-7-8-27(26-17)10-14-15(20)5-4-6-16(14)21/h4-9,13H,10H2,1-3H3,(H,22,24,26)/t13-/m0/s1. The summed E-state index contributed by atoms with van der Waals surface area (Å²) in [7, 11) is 0. The van der Waals surface area contributed by atoms with E-state index in [2.05, 4.69) is 25.7 Å². The van der Waals surface area contributed by atoms with Gasteiger partial charge in [-0.15, -0.1) is 10.2 Å². The van der Waals surface area contributed by atoms with Crippen molar-refractivity contribution in [3.8, 4) is 0 Å². The van der Waals surface area contributed by atoms with Crippen molar-refractivity contribution in [3.63, 3.8) is 0 Å². The molecule has 0 amide bonds. The van der Waals surface area contributed by atoms with Crippen molar-refractivity contribution in [2.75, 3.05) is 5.32 Å². The minimum Gasteiger partial charge on any atom is -0.313 e. The van der Waals surface area contributed by atoms with Crippen LogP contribution in [0.3, 0.4) is 0 Å². The number of nitrogens with zero attached hydrogens (tertiary/aromatic N) is 6. The Balaban J connectivity index is 1.46. The Labute approximate surface area is 176 Å². The average Bonchev–Trinajstić information content (AvgIpc) is 3.39. The molecule has 0 saturated heterocycles. The van der Waals surface area contributed by atoms with Crippen molar-refractivity contribution in [1.82, 2.24) is 29.8 Å². The lowest BCUT2D eigenvalue weighted by Gasteiger charge is -2.10. The Kier molecular flexibility index (Phi) is 5.33. The monoisotopic (exact) mass is 431 g/mol. The highest BCUT2D eigenvalue weighted by Gasteiger charge is 2.17. The Morgan fingerprint density at radius 1 is 1.21 bits per heavy atom. The van der Waals surface area contributed by atoms with Gasteiger partial charge in [0.05, 0.1) is 12.2 Å². The summed E-state index contributed by atoms with van der Waals surface area (Å²) >= 11 is 7.53. The van der Waals surface area contributed by atoms with E-state index in [1.165, 1.54) is 17.4 Å². The van der Waals surface area contributed by atoms with E-state index in [9.17, 15) is 4.39 Å². The molecular weight excluding hydrogens is 413 g/mol. The lowest BCUT2D eigenvalue weighted by Crippen LogP contribution is -2.10. The first-order valence-corrected chi connectivity index (χ1v) is 10.2. The summed E-state index contributed by atoms with van der Waals surface area (Å²) in [6, 6.07) is 8.44. The summed E-state index contributed by atoms with van der Waals surface area (Å²) < 4.78 is 17.5. The van der Waals surface area contributed by atoms with Crippen LogP contribution in [-0.4, -0.2) is 29.8 Å². The lowest BCUT2D eigenvalue weighted by atomic mass is 10.2. The Morgan fingerprint density at radius 3 is 2.76 bits per heavy atom. The van der Waals surface area contributed by atoms with Crippen LogP contribution in [0.5, 0.6) is 0 Å².